The highest BCUT2D eigenvalue weighted by atomic mass is 32.2. The van der Waals surface area contributed by atoms with E-state index in [0.29, 0.717) is 13.1 Å². The Labute approximate surface area is 128 Å². The van der Waals surface area contributed by atoms with Gasteiger partial charge in [-0.1, -0.05) is 12.1 Å². The molecule has 2 N–H and O–H groups in total. The van der Waals surface area contributed by atoms with Crippen LogP contribution in [0.5, 0.6) is 0 Å². The molecule has 1 aromatic carbocycles. The summed E-state index contributed by atoms with van der Waals surface area (Å²) in [6.07, 6.45) is 4.21. The average molecular weight is 302 g/mol. The lowest BCUT2D eigenvalue weighted by Crippen LogP contribution is -2.40. The van der Waals surface area contributed by atoms with Crippen LogP contribution in [0.1, 0.15) is 5.69 Å². The van der Waals surface area contributed by atoms with Crippen molar-refractivity contribution in [3.05, 3.63) is 42.5 Å². The van der Waals surface area contributed by atoms with Gasteiger partial charge in [-0.15, -0.1) is 11.8 Å². The van der Waals surface area contributed by atoms with Crippen LogP contribution in [0.2, 0.25) is 0 Å². The molecule has 0 saturated carbocycles. The zero-order valence-electron chi connectivity index (χ0n) is 11.7. The topological polar surface area (TPSA) is 61.0 Å². The first-order valence-corrected chi connectivity index (χ1v) is 8.02. The van der Waals surface area contributed by atoms with Crippen LogP contribution in [-0.4, -0.2) is 41.3 Å². The van der Waals surface area contributed by atoms with Gasteiger partial charge in [0.05, 0.1) is 18.6 Å². The largest absolute Gasteiger partial charge is 0.360 e. The first-order valence-electron chi connectivity index (χ1n) is 7.03. The van der Waals surface area contributed by atoms with E-state index < -0.39 is 0 Å². The minimum Gasteiger partial charge on any atom is -0.360 e. The monoisotopic (exact) mass is 302 g/mol. The first kappa shape index (κ1) is 14.0. The average Bonchev–Trinajstić information content (AvgIpc) is 3.01. The smallest absolute Gasteiger partial charge is 0.239 e. The molecule has 0 fully saturated rings. The molecule has 2 aromatic rings. The van der Waals surface area contributed by atoms with Gasteiger partial charge < -0.3 is 15.2 Å². The second-order valence-electron chi connectivity index (χ2n) is 4.91. The normalized spacial score (nSPS) is 13.8. The lowest BCUT2D eigenvalue weighted by Gasteiger charge is -2.30. The quantitative estimate of drug-likeness (QED) is 0.882. The lowest BCUT2D eigenvalue weighted by molar-refractivity contribution is -0.119. The van der Waals surface area contributed by atoms with E-state index in [2.05, 4.69) is 32.3 Å². The van der Waals surface area contributed by atoms with Crippen LogP contribution in [0.4, 0.5) is 5.69 Å². The van der Waals surface area contributed by atoms with E-state index in [1.54, 1.807) is 12.5 Å². The van der Waals surface area contributed by atoms with Crippen LogP contribution in [-0.2, 0) is 11.2 Å². The summed E-state index contributed by atoms with van der Waals surface area (Å²) in [5.41, 5.74) is 2.20. The van der Waals surface area contributed by atoms with Crippen molar-refractivity contribution in [2.75, 3.05) is 30.3 Å². The summed E-state index contributed by atoms with van der Waals surface area (Å²) in [7, 11) is 0. The summed E-state index contributed by atoms with van der Waals surface area (Å²) < 4.78 is 0. The Balaban J connectivity index is 1.51. The minimum absolute atomic E-state index is 0.0659. The third-order valence-corrected chi connectivity index (χ3v) is 4.47. The lowest BCUT2D eigenvalue weighted by atomic mass is 10.2. The standard InChI is InChI=1S/C15H18N4OS/c20-15(17-6-5-12-9-16-11-18-12)10-19-7-8-21-14-4-2-1-3-13(14)19/h1-4,9,11H,5-8,10H2,(H,16,18)(H,17,20). The number of fused-ring (bicyclic) bond motifs is 1. The number of H-pyrrole nitrogens is 1. The number of aromatic amines is 1. The van der Waals surface area contributed by atoms with E-state index in [1.165, 1.54) is 4.90 Å². The maximum atomic E-state index is 12.1. The summed E-state index contributed by atoms with van der Waals surface area (Å²) in [6, 6.07) is 8.26. The fraction of sp³-hybridized carbons (Fsp3) is 0.333. The van der Waals surface area contributed by atoms with Gasteiger partial charge in [-0.25, -0.2) is 4.98 Å². The SMILES string of the molecule is O=C(CN1CCSc2ccccc21)NCCc1cnc[nH]1. The first-order chi connectivity index (χ1) is 10.3. The van der Waals surface area contributed by atoms with Crippen LogP contribution in [0.15, 0.2) is 41.7 Å². The van der Waals surface area contributed by atoms with Gasteiger partial charge in [-0.05, 0) is 12.1 Å². The number of amides is 1. The second kappa shape index (κ2) is 6.67. The Kier molecular flexibility index (Phi) is 4.45. The molecule has 6 heteroatoms. The number of para-hydroxylation sites is 1. The molecule has 3 rings (SSSR count). The Morgan fingerprint density at radius 1 is 1.43 bits per heavy atom. The van der Waals surface area contributed by atoms with Crippen molar-refractivity contribution in [3.63, 3.8) is 0 Å². The predicted octanol–water partition coefficient (Wildman–Crippen LogP) is 1.68. The fourth-order valence-corrected chi connectivity index (χ4v) is 3.43. The van der Waals surface area contributed by atoms with Crippen LogP contribution in [0, 0.1) is 0 Å². The van der Waals surface area contributed by atoms with Gasteiger partial charge in [0.2, 0.25) is 5.91 Å². The molecular weight excluding hydrogens is 284 g/mol. The zero-order valence-corrected chi connectivity index (χ0v) is 12.5. The third kappa shape index (κ3) is 3.58. The molecule has 0 aliphatic carbocycles. The number of nitrogens with zero attached hydrogens (tertiary/aromatic N) is 2. The number of carbonyl (C=O) groups excluding carboxylic acids is 1. The summed E-state index contributed by atoms with van der Waals surface area (Å²) in [6.45, 7) is 1.96. The number of benzene rings is 1. The second-order valence-corrected chi connectivity index (χ2v) is 6.05. The van der Waals surface area contributed by atoms with Crippen molar-refractivity contribution in [3.8, 4) is 0 Å². The maximum Gasteiger partial charge on any atom is 0.239 e. The minimum atomic E-state index is 0.0659. The number of aromatic nitrogens is 2. The molecule has 1 aliphatic heterocycles. The van der Waals surface area contributed by atoms with Crippen molar-refractivity contribution in [1.82, 2.24) is 15.3 Å². The van der Waals surface area contributed by atoms with Gasteiger partial charge in [0.1, 0.15) is 0 Å². The Morgan fingerprint density at radius 3 is 3.19 bits per heavy atom. The van der Waals surface area contributed by atoms with Gasteiger partial charge in [0.15, 0.2) is 0 Å². The van der Waals surface area contributed by atoms with Gasteiger partial charge in [0.25, 0.3) is 0 Å². The van der Waals surface area contributed by atoms with Gasteiger partial charge in [-0.2, -0.15) is 0 Å². The number of hydrogen-bond acceptors (Lipinski definition) is 4. The van der Waals surface area contributed by atoms with E-state index in [1.807, 2.05) is 23.9 Å². The highest BCUT2D eigenvalue weighted by Crippen LogP contribution is 2.33. The van der Waals surface area contributed by atoms with Crippen molar-refractivity contribution >= 4 is 23.4 Å². The molecule has 0 bridgehead atoms. The predicted molar refractivity (Wildman–Crippen MR) is 84.7 cm³/mol. The Hall–Kier alpha value is -1.95. The van der Waals surface area contributed by atoms with Crippen molar-refractivity contribution in [1.29, 1.82) is 0 Å². The molecule has 0 unspecified atom stereocenters. The summed E-state index contributed by atoms with van der Waals surface area (Å²) in [5.74, 6) is 1.09. The van der Waals surface area contributed by atoms with Crippen molar-refractivity contribution in [2.45, 2.75) is 11.3 Å². The number of imidazole rings is 1. The molecule has 5 nitrogen and oxygen atoms in total. The molecule has 21 heavy (non-hydrogen) atoms. The highest BCUT2D eigenvalue weighted by molar-refractivity contribution is 7.99. The molecule has 0 saturated heterocycles. The summed E-state index contributed by atoms with van der Waals surface area (Å²) >= 11 is 1.85. The molecule has 0 atom stereocenters. The molecular formula is C15H18N4OS. The van der Waals surface area contributed by atoms with Crippen molar-refractivity contribution in [2.24, 2.45) is 0 Å². The number of nitrogens with one attached hydrogen (secondary N) is 2. The van der Waals surface area contributed by atoms with Crippen LogP contribution in [0.3, 0.4) is 0 Å². The molecule has 1 aliphatic rings. The van der Waals surface area contributed by atoms with E-state index in [0.717, 1.165) is 30.1 Å². The van der Waals surface area contributed by atoms with Crippen LogP contribution < -0.4 is 10.2 Å². The Bertz CT molecular complexity index is 599. The summed E-state index contributed by atoms with van der Waals surface area (Å²) in [5, 5.41) is 2.96. The van der Waals surface area contributed by atoms with Gasteiger partial charge in [0, 0.05) is 42.0 Å². The molecule has 1 aromatic heterocycles. The summed E-state index contributed by atoms with van der Waals surface area (Å²) in [4.78, 5) is 22.5. The van der Waals surface area contributed by atoms with Crippen LogP contribution in [0.25, 0.3) is 0 Å². The fourth-order valence-electron chi connectivity index (χ4n) is 2.38. The van der Waals surface area contributed by atoms with E-state index >= 15 is 0 Å². The van der Waals surface area contributed by atoms with E-state index in [4.69, 9.17) is 0 Å². The molecule has 110 valence electrons. The molecule has 0 radical (unpaired) electrons. The third-order valence-electron chi connectivity index (χ3n) is 3.43. The number of hydrogen-bond donors (Lipinski definition) is 2. The Morgan fingerprint density at radius 2 is 2.33 bits per heavy atom. The molecule has 2 heterocycles. The highest BCUT2D eigenvalue weighted by Gasteiger charge is 2.18. The van der Waals surface area contributed by atoms with E-state index in [9.17, 15) is 4.79 Å². The molecule has 0 spiro atoms. The van der Waals surface area contributed by atoms with Gasteiger partial charge in [-0.3, -0.25) is 4.79 Å². The zero-order chi connectivity index (χ0) is 14.5. The molecule has 1 amide bonds. The number of anilines is 1. The number of rotatable bonds is 5. The van der Waals surface area contributed by atoms with Gasteiger partial charge >= 0.3 is 0 Å². The number of carbonyl (C=O) groups is 1. The maximum absolute atomic E-state index is 12.1. The van der Waals surface area contributed by atoms with Crippen molar-refractivity contribution < 1.29 is 4.79 Å². The van der Waals surface area contributed by atoms with Crippen LogP contribution >= 0.6 is 11.8 Å². The number of thioether (sulfide) groups is 1. The van der Waals surface area contributed by atoms with E-state index in [-0.39, 0.29) is 5.91 Å².